The molecule has 3 aliphatic heterocycles. The lowest BCUT2D eigenvalue weighted by atomic mass is 9.86. The largest absolute Gasteiger partial charge is 0.490 e. The molecule has 406 valence electrons. The Kier molecular flexibility index (Phi) is 22.1. The van der Waals surface area contributed by atoms with Gasteiger partial charge in [-0.2, -0.15) is 0 Å². The Balaban J connectivity index is 2.03. The number of fused-ring (bicyclic) bond motifs is 11. The number of hydrogen-bond donors (Lipinski definition) is 8. The molecule has 0 spiro atoms. The Hall–Kier alpha value is -6.39. The molecule has 1 fully saturated rings. The van der Waals surface area contributed by atoms with Crippen molar-refractivity contribution in [3.8, 4) is 5.75 Å². The van der Waals surface area contributed by atoms with E-state index in [0.29, 0.717) is 23.1 Å². The number of benzene rings is 2. The lowest BCUT2D eigenvalue weighted by Gasteiger charge is -2.34. The molecule has 8 N–H and O–H groups in total. The number of cyclic esters (lactones) is 1. The summed E-state index contributed by atoms with van der Waals surface area (Å²) in [6.07, 6.45) is -2.12. The van der Waals surface area contributed by atoms with Crippen LogP contribution in [0.4, 0.5) is 0 Å². The lowest BCUT2D eigenvalue weighted by Crippen LogP contribution is -2.61. The predicted octanol–water partition coefficient (Wildman–Crippen LogP) is 1.28. The summed E-state index contributed by atoms with van der Waals surface area (Å²) in [5.41, 5.74) is -0.0278. The minimum Gasteiger partial charge on any atom is -0.490 e. The summed E-state index contributed by atoms with van der Waals surface area (Å²) in [4.78, 5) is 129. The molecule has 0 aromatic heterocycles. The van der Waals surface area contributed by atoms with Crippen molar-refractivity contribution in [2.75, 3.05) is 25.5 Å². The van der Waals surface area contributed by atoms with E-state index in [1.807, 2.05) is 6.92 Å². The summed E-state index contributed by atoms with van der Waals surface area (Å²) in [6, 6.07) is 4.81. The van der Waals surface area contributed by atoms with Gasteiger partial charge in [-0.15, -0.1) is 0 Å². The van der Waals surface area contributed by atoms with Crippen molar-refractivity contribution in [2.24, 2.45) is 23.2 Å². The fourth-order valence-electron chi connectivity index (χ4n) is 7.97. The van der Waals surface area contributed by atoms with Crippen LogP contribution < -0.4 is 36.6 Å². The van der Waals surface area contributed by atoms with E-state index in [9.17, 15) is 48.6 Å². The van der Waals surface area contributed by atoms with Gasteiger partial charge in [0.05, 0.1) is 18.1 Å². The van der Waals surface area contributed by atoms with E-state index in [1.54, 1.807) is 83.2 Å². The van der Waals surface area contributed by atoms with Crippen LogP contribution in [0.25, 0.3) is 0 Å². The maximum Gasteiger partial charge on any atom is 0.332 e. The highest BCUT2D eigenvalue weighted by Gasteiger charge is 2.42. The van der Waals surface area contributed by atoms with Crippen molar-refractivity contribution in [2.45, 2.75) is 136 Å². The average Bonchev–Trinajstić information content (AvgIpc) is 3.37. The molecule has 13 atom stereocenters. The standard InChI is InChI=1S/C52H72BrN7O14/c1-11-28(4)40-47(67)59-43-34-17-19-35(20-18-34)74-32(8)52(9,26-53)22-21-38(62)54-24-39(63)72-25-36(51(71)73-31(7)42(49(69)56-40)58-45(65)29(5)44(64)27(2)3)55-48(68)41(30(6)61)57-46(66)37(60(10)50(43)70)23-33-15-13-12-14-16-33/h12-22,27-32,36-37,40-44,61,64H,11,23-26H2,1-10H3,(H,54,62)(H,55,68)(H,56,69)(H,57,66)(H,58,65)(H,59,67)/t28-,29+,30+,31+,32+,36-,37-,40+,41+,42-,43-,44+,52+/m0/s1. The molecule has 0 saturated carbocycles. The normalized spacial score (nSPS) is 28.1. The average molecular weight is 1100 g/mol. The smallest absolute Gasteiger partial charge is 0.332 e. The van der Waals surface area contributed by atoms with Crippen LogP contribution in [0.2, 0.25) is 0 Å². The van der Waals surface area contributed by atoms with E-state index in [-0.39, 0.29) is 12.0 Å². The summed E-state index contributed by atoms with van der Waals surface area (Å²) in [7, 11) is 1.33. The Morgan fingerprint density at radius 2 is 1.46 bits per heavy atom. The molecule has 3 aliphatic rings. The SMILES string of the molecule is CC[C@H](C)[C@H]1NC(=O)[C@@H](NC(=O)[C@H](C)[C@H](O)C(C)C)[C@@H](C)OC(=O)[C@@H]2COC(=O)CNC(=O)C=C[C@](C)(CBr)[C@@H](C)Oc3ccc(cc3)[C@H](NC1=O)C(=O)N(C)[C@@H](Cc1ccccc1)C(=O)N[C@H]([C@@H](C)O)C(=O)N2. The number of rotatable bonds is 10. The Morgan fingerprint density at radius 3 is 2.05 bits per heavy atom. The minimum absolute atomic E-state index is 0.139. The number of carbonyl (C=O) groups is 9. The summed E-state index contributed by atoms with van der Waals surface area (Å²) in [6.45, 7) is 12.6. The molecular weight excluding hydrogens is 1030 g/mol. The Bertz CT molecular complexity index is 2350. The van der Waals surface area contributed by atoms with Gasteiger partial charge in [0, 0.05) is 24.2 Å². The molecule has 21 nitrogen and oxygen atoms in total. The number of alkyl halides is 1. The molecule has 2 aromatic carbocycles. The van der Waals surface area contributed by atoms with Gasteiger partial charge in [0.15, 0.2) is 6.04 Å². The van der Waals surface area contributed by atoms with Crippen LogP contribution in [-0.4, -0.2) is 149 Å². The van der Waals surface area contributed by atoms with Crippen LogP contribution in [0.1, 0.15) is 85.9 Å². The van der Waals surface area contributed by atoms with E-state index in [1.165, 1.54) is 46.0 Å². The first-order valence-corrected chi connectivity index (χ1v) is 25.8. The van der Waals surface area contributed by atoms with Gasteiger partial charge in [-0.05, 0) is 61.9 Å². The highest BCUT2D eigenvalue weighted by Crippen LogP contribution is 2.31. The monoisotopic (exact) mass is 1100 g/mol. The number of carbonyl (C=O) groups excluding carboxylic acids is 9. The highest BCUT2D eigenvalue weighted by molar-refractivity contribution is 9.09. The molecule has 0 aliphatic carbocycles. The maximum atomic E-state index is 15.2. The van der Waals surface area contributed by atoms with Gasteiger partial charge in [-0.25, -0.2) is 4.79 Å². The molecule has 4 bridgehead atoms. The quantitative estimate of drug-likeness (QED) is 0.123. The van der Waals surface area contributed by atoms with Crippen LogP contribution in [0.5, 0.6) is 5.75 Å². The molecule has 74 heavy (non-hydrogen) atoms. The third kappa shape index (κ3) is 16.1. The van der Waals surface area contributed by atoms with Gasteiger partial charge in [-0.3, -0.25) is 38.4 Å². The molecular formula is C52H72BrN7O14. The zero-order valence-corrected chi connectivity index (χ0v) is 45.1. The molecule has 0 radical (unpaired) electrons. The lowest BCUT2D eigenvalue weighted by molar-refractivity contribution is -0.160. The van der Waals surface area contributed by atoms with E-state index >= 15 is 4.79 Å². The highest BCUT2D eigenvalue weighted by atomic mass is 79.9. The van der Waals surface area contributed by atoms with Crippen molar-refractivity contribution in [3.63, 3.8) is 0 Å². The fraction of sp³-hybridized carbons (Fsp3) is 0.558. The summed E-state index contributed by atoms with van der Waals surface area (Å²) in [5.74, 6) is -10.6. The van der Waals surface area contributed by atoms with Crippen molar-refractivity contribution in [3.05, 3.63) is 77.9 Å². The van der Waals surface area contributed by atoms with Gasteiger partial charge in [-0.1, -0.05) is 112 Å². The van der Waals surface area contributed by atoms with E-state index in [4.69, 9.17) is 14.2 Å². The second-order valence-electron chi connectivity index (χ2n) is 19.6. The molecule has 1 saturated heterocycles. The van der Waals surface area contributed by atoms with Gasteiger partial charge < -0.3 is 61.2 Å². The van der Waals surface area contributed by atoms with E-state index in [2.05, 4.69) is 47.8 Å². The van der Waals surface area contributed by atoms with Crippen LogP contribution >= 0.6 is 15.9 Å². The first kappa shape index (κ1) is 60.2. The third-order valence-electron chi connectivity index (χ3n) is 13.5. The van der Waals surface area contributed by atoms with Gasteiger partial charge in [0.25, 0.3) is 0 Å². The number of hydrogen-bond acceptors (Lipinski definition) is 14. The molecule has 7 amide bonds. The molecule has 3 heterocycles. The van der Waals surface area contributed by atoms with Crippen LogP contribution in [-0.2, 0) is 59.0 Å². The van der Waals surface area contributed by atoms with Gasteiger partial charge >= 0.3 is 11.9 Å². The molecule has 0 unspecified atom stereocenters. The molecule has 22 heteroatoms. The molecule has 5 rings (SSSR count). The van der Waals surface area contributed by atoms with E-state index < -0.39 is 150 Å². The summed E-state index contributed by atoms with van der Waals surface area (Å²) in [5, 5.41) is 37.5. The number of nitrogens with one attached hydrogen (secondary N) is 6. The number of ether oxygens (including phenoxy) is 3. The second kappa shape index (κ2) is 27.2. The number of aliphatic hydroxyl groups excluding tert-OH is 2. The van der Waals surface area contributed by atoms with Gasteiger partial charge in [0.2, 0.25) is 41.4 Å². The molecule has 2 aromatic rings. The maximum absolute atomic E-state index is 15.2. The zero-order chi connectivity index (χ0) is 55.2. The van der Waals surface area contributed by atoms with Crippen molar-refractivity contribution < 1.29 is 67.6 Å². The Morgan fingerprint density at radius 1 is 0.838 bits per heavy atom. The van der Waals surface area contributed by atoms with Crippen LogP contribution in [0.3, 0.4) is 0 Å². The number of aliphatic hydroxyl groups is 2. The topological polar surface area (TPSA) is 297 Å². The second-order valence-corrected chi connectivity index (χ2v) is 20.2. The number of nitrogens with zero attached hydrogens (tertiary/aromatic N) is 1. The number of amides is 7. The zero-order valence-electron chi connectivity index (χ0n) is 43.5. The van der Waals surface area contributed by atoms with Crippen molar-refractivity contribution in [1.29, 1.82) is 0 Å². The minimum atomic E-state index is -1.93. The Labute approximate surface area is 440 Å². The number of esters is 2. The number of halogens is 1. The van der Waals surface area contributed by atoms with Crippen molar-refractivity contribution >= 4 is 69.2 Å². The first-order chi connectivity index (χ1) is 34.8. The summed E-state index contributed by atoms with van der Waals surface area (Å²) >= 11 is 3.50. The van der Waals surface area contributed by atoms with Gasteiger partial charge in [0.1, 0.15) is 61.3 Å². The fourth-order valence-corrected chi connectivity index (χ4v) is 8.62. The number of likely N-dealkylation sites (N-methyl/N-ethyl adjacent to an activating group) is 1. The van der Waals surface area contributed by atoms with E-state index in [0.717, 1.165) is 4.90 Å². The first-order valence-electron chi connectivity index (χ1n) is 24.7. The third-order valence-corrected chi connectivity index (χ3v) is 14.7. The van der Waals surface area contributed by atoms with Crippen molar-refractivity contribution in [1.82, 2.24) is 36.8 Å². The van der Waals surface area contributed by atoms with Crippen LogP contribution in [0.15, 0.2) is 66.7 Å². The van der Waals surface area contributed by atoms with Crippen LogP contribution in [0, 0.1) is 23.2 Å². The predicted molar refractivity (Wildman–Crippen MR) is 274 cm³/mol. The summed E-state index contributed by atoms with van der Waals surface area (Å²) < 4.78 is 17.4.